The van der Waals surface area contributed by atoms with E-state index in [0.29, 0.717) is 23.6 Å². The van der Waals surface area contributed by atoms with Gasteiger partial charge >= 0.3 is 5.97 Å². The number of carboxylic acids is 1. The molecule has 1 aromatic rings. The Kier molecular flexibility index (Phi) is 6.03. The molecule has 6 heteroatoms. The number of carboxylic acid groups (broad SMARTS) is 1. The SMILES string of the molecule is CCC(CC)(NC(=O)COc1cc(C)ccc1Cl)C(=O)O. The second-order valence-electron chi connectivity index (χ2n) is 4.87. The first-order valence-electron chi connectivity index (χ1n) is 6.78. The fourth-order valence-corrected chi connectivity index (χ4v) is 2.12. The fourth-order valence-electron chi connectivity index (χ4n) is 1.95. The zero-order valence-electron chi connectivity index (χ0n) is 12.4. The number of aryl methyl sites for hydroxylation is 1. The van der Waals surface area contributed by atoms with Gasteiger partial charge in [0.1, 0.15) is 11.3 Å². The maximum Gasteiger partial charge on any atom is 0.329 e. The number of rotatable bonds is 7. The Morgan fingerprint density at radius 2 is 1.95 bits per heavy atom. The highest BCUT2D eigenvalue weighted by Gasteiger charge is 2.36. The van der Waals surface area contributed by atoms with E-state index in [0.717, 1.165) is 5.56 Å². The largest absolute Gasteiger partial charge is 0.482 e. The highest BCUT2D eigenvalue weighted by Crippen LogP contribution is 2.25. The number of hydrogen-bond acceptors (Lipinski definition) is 3. The number of amides is 1. The summed E-state index contributed by atoms with van der Waals surface area (Å²) < 4.78 is 5.36. The molecule has 0 radical (unpaired) electrons. The minimum absolute atomic E-state index is 0.280. The molecule has 1 rings (SSSR count). The van der Waals surface area contributed by atoms with E-state index in [1.807, 2.05) is 13.0 Å². The highest BCUT2D eigenvalue weighted by atomic mass is 35.5. The number of halogens is 1. The van der Waals surface area contributed by atoms with Crippen LogP contribution in [0.3, 0.4) is 0 Å². The van der Waals surface area contributed by atoms with Crippen LogP contribution in [0.2, 0.25) is 5.02 Å². The zero-order chi connectivity index (χ0) is 16.0. The second kappa shape index (κ2) is 7.31. The summed E-state index contributed by atoms with van der Waals surface area (Å²) in [6, 6.07) is 5.24. The van der Waals surface area contributed by atoms with Crippen molar-refractivity contribution in [3.8, 4) is 5.75 Å². The van der Waals surface area contributed by atoms with E-state index in [9.17, 15) is 14.7 Å². The third-order valence-electron chi connectivity index (χ3n) is 3.44. The molecule has 0 aliphatic carbocycles. The van der Waals surface area contributed by atoms with Crippen LogP contribution in [0.1, 0.15) is 32.3 Å². The van der Waals surface area contributed by atoms with Gasteiger partial charge in [0.25, 0.3) is 5.91 Å². The number of ether oxygens (including phenoxy) is 1. The lowest BCUT2D eigenvalue weighted by Crippen LogP contribution is -2.54. The normalized spacial score (nSPS) is 11.0. The maximum absolute atomic E-state index is 11.9. The summed E-state index contributed by atoms with van der Waals surface area (Å²) in [7, 11) is 0. The minimum Gasteiger partial charge on any atom is -0.482 e. The van der Waals surface area contributed by atoms with Crippen molar-refractivity contribution in [3.05, 3.63) is 28.8 Å². The van der Waals surface area contributed by atoms with E-state index in [1.54, 1.807) is 26.0 Å². The molecule has 0 saturated heterocycles. The lowest BCUT2D eigenvalue weighted by molar-refractivity contribution is -0.148. The van der Waals surface area contributed by atoms with Crippen LogP contribution < -0.4 is 10.1 Å². The molecule has 0 aliphatic rings. The molecule has 0 fully saturated rings. The van der Waals surface area contributed by atoms with Gasteiger partial charge < -0.3 is 15.2 Å². The lowest BCUT2D eigenvalue weighted by atomic mass is 9.93. The van der Waals surface area contributed by atoms with Crippen molar-refractivity contribution in [3.63, 3.8) is 0 Å². The van der Waals surface area contributed by atoms with Crippen molar-refractivity contribution in [2.24, 2.45) is 0 Å². The van der Waals surface area contributed by atoms with Gasteiger partial charge in [-0.1, -0.05) is 31.5 Å². The molecule has 116 valence electrons. The molecule has 0 spiro atoms. The summed E-state index contributed by atoms with van der Waals surface area (Å²) in [6.07, 6.45) is 0.603. The van der Waals surface area contributed by atoms with E-state index in [-0.39, 0.29) is 6.61 Å². The molecule has 2 N–H and O–H groups in total. The molecule has 0 saturated carbocycles. The van der Waals surface area contributed by atoms with Gasteiger partial charge in [-0.15, -0.1) is 0 Å². The summed E-state index contributed by atoms with van der Waals surface area (Å²) >= 11 is 5.97. The Labute approximate surface area is 129 Å². The second-order valence-corrected chi connectivity index (χ2v) is 5.27. The first-order chi connectivity index (χ1) is 9.84. The highest BCUT2D eigenvalue weighted by molar-refractivity contribution is 6.32. The summed E-state index contributed by atoms with van der Waals surface area (Å²) in [5.41, 5.74) is -0.298. The predicted molar refractivity (Wildman–Crippen MR) is 80.8 cm³/mol. The standard InChI is InChI=1S/C15H20ClNO4/c1-4-15(5-2,14(19)20)17-13(18)9-21-12-8-10(3)6-7-11(12)16/h6-8H,4-5,9H2,1-3H3,(H,17,18)(H,19,20). The molecule has 1 aromatic carbocycles. The smallest absolute Gasteiger partial charge is 0.329 e. The third kappa shape index (κ3) is 4.36. The van der Waals surface area contributed by atoms with E-state index in [1.165, 1.54) is 0 Å². The van der Waals surface area contributed by atoms with Crippen LogP contribution in [0.5, 0.6) is 5.75 Å². The lowest BCUT2D eigenvalue weighted by Gasteiger charge is -2.28. The first kappa shape index (κ1) is 17.3. The van der Waals surface area contributed by atoms with Gasteiger partial charge in [-0.2, -0.15) is 0 Å². The number of benzene rings is 1. The summed E-state index contributed by atoms with van der Waals surface area (Å²) in [6.45, 7) is 5.04. The number of carbonyl (C=O) groups excluding carboxylic acids is 1. The molecule has 0 atom stereocenters. The van der Waals surface area contributed by atoms with Crippen molar-refractivity contribution >= 4 is 23.5 Å². The van der Waals surface area contributed by atoms with Crippen LogP contribution in [-0.4, -0.2) is 29.1 Å². The Bertz CT molecular complexity index is 526. The van der Waals surface area contributed by atoms with Gasteiger partial charge in [-0.25, -0.2) is 4.79 Å². The number of carbonyl (C=O) groups is 2. The third-order valence-corrected chi connectivity index (χ3v) is 3.75. The van der Waals surface area contributed by atoms with Crippen molar-refractivity contribution in [2.45, 2.75) is 39.2 Å². The molecular formula is C15H20ClNO4. The van der Waals surface area contributed by atoms with Crippen LogP contribution in [0, 0.1) is 6.92 Å². The van der Waals surface area contributed by atoms with Crippen LogP contribution >= 0.6 is 11.6 Å². The van der Waals surface area contributed by atoms with Gasteiger partial charge in [0, 0.05) is 0 Å². The van der Waals surface area contributed by atoms with Crippen molar-refractivity contribution in [1.29, 1.82) is 0 Å². The Morgan fingerprint density at radius 1 is 1.33 bits per heavy atom. The van der Waals surface area contributed by atoms with E-state index in [2.05, 4.69) is 5.32 Å². The predicted octanol–water partition coefficient (Wildman–Crippen LogP) is 2.79. The molecule has 0 aromatic heterocycles. The van der Waals surface area contributed by atoms with Gasteiger partial charge in [0.2, 0.25) is 0 Å². The van der Waals surface area contributed by atoms with Gasteiger partial charge in [0.05, 0.1) is 5.02 Å². The molecule has 21 heavy (non-hydrogen) atoms. The average Bonchev–Trinajstić information content (AvgIpc) is 2.45. The van der Waals surface area contributed by atoms with Crippen LogP contribution in [0.25, 0.3) is 0 Å². The number of nitrogens with one attached hydrogen (secondary N) is 1. The van der Waals surface area contributed by atoms with E-state index >= 15 is 0 Å². The number of hydrogen-bond donors (Lipinski definition) is 2. The van der Waals surface area contributed by atoms with E-state index < -0.39 is 17.4 Å². The topological polar surface area (TPSA) is 75.6 Å². The Morgan fingerprint density at radius 3 is 2.48 bits per heavy atom. The minimum atomic E-state index is -1.25. The Hall–Kier alpha value is -1.75. The van der Waals surface area contributed by atoms with Gasteiger partial charge in [-0.05, 0) is 37.5 Å². The zero-order valence-corrected chi connectivity index (χ0v) is 13.2. The van der Waals surface area contributed by atoms with E-state index in [4.69, 9.17) is 16.3 Å². The van der Waals surface area contributed by atoms with Crippen LogP contribution in [0.15, 0.2) is 18.2 Å². The fraction of sp³-hybridized carbons (Fsp3) is 0.467. The molecule has 0 unspecified atom stereocenters. The Balaban J connectivity index is 2.69. The average molecular weight is 314 g/mol. The monoisotopic (exact) mass is 313 g/mol. The molecular weight excluding hydrogens is 294 g/mol. The van der Waals surface area contributed by atoms with Gasteiger partial charge in [-0.3, -0.25) is 4.79 Å². The summed E-state index contributed by atoms with van der Waals surface area (Å²) in [5.74, 6) is -1.13. The first-order valence-corrected chi connectivity index (χ1v) is 7.15. The molecule has 0 bridgehead atoms. The molecule has 5 nitrogen and oxygen atoms in total. The summed E-state index contributed by atoms with van der Waals surface area (Å²) in [4.78, 5) is 23.2. The van der Waals surface area contributed by atoms with Crippen molar-refractivity contribution in [2.75, 3.05) is 6.61 Å². The molecule has 0 heterocycles. The maximum atomic E-state index is 11.9. The van der Waals surface area contributed by atoms with Crippen molar-refractivity contribution in [1.82, 2.24) is 5.32 Å². The summed E-state index contributed by atoms with van der Waals surface area (Å²) in [5, 5.41) is 12.2. The van der Waals surface area contributed by atoms with Gasteiger partial charge in [0.15, 0.2) is 6.61 Å². The molecule has 1 amide bonds. The quantitative estimate of drug-likeness (QED) is 0.811. The van der Waals surface area contributed by atoms with Crippen LogP contribution in [-0.2, 0) is 9.59 Å². The molecule has 0 aliphatic heterocycles. The van der Waals surface area contributed by atoms with Crippen molar-refractivity contribution < 1.29 is 19.4 Å². The number of aliphatic carboxylic acids is 1. The van der Waals surface area contributed by atoms with Crippen LogP contribution in [0.4, 0.5) is 0 Å².